The van der Waals surface area contributed by atoms with Crippen molar-refractivity contribution in [2.24, 2.45) is 22.2 Å². The number of methoxy groups -OCH3 is 1. The second-order valence-electron chi connectivity index (χ2n) is 13.0. The molecule has 2 aliphatic heterocycles. The summed E-state index contributed by atoms with van der Waals surface area (Å²) in [6.45, 7) is 21.7. The Kier molecular flexibility index (Phi) is 9.16. The van der Waals surface area contributed by atoms with E-state index >= 15 is 0 Å². The van der Waals surface area contributed by atoms with Gasteiger partial charge in [0.1, 0.15) is 5.54 Å². The van der Waals surface area contributed by atoms with Crippen LogP contribution >= 0.6 is 0 Å². The van der Waals surface area contributed by atoms with E-state index < -0.39 is 22.2 Å². The number of ether oxygens (including phenoxy) is 4. The van der Waals surface area contributed by atoms with Gasteiger partial charge < -0.3 is 18.9 Å². The summed E-state index contributed by atoms with van der Waals surface area (Å²) < 4.78 is 22.5. The van der Waals surface area contributed by atoms with Gasteiger partial charge in [-0.2, -0.15) is 0 Å². The maximum Gasteiger partial charge on any atom is 0.327 e. The van der Waals surface area contributed by atoms with Gasteiger partial charge in [0, 0.05) is 6.04 Å². The molecule has 1 N–H and O–H groups in total. The molecule has 0 bridgehead atoms. The zero-order valence-electron chi connectivity index (χ0n) is 24.1. The zero-order valence-corrected chi connectivity index (χ0v) is 24.1. The summed E-state index contributed by atoms with van der Waals surface area (Å²) in [5, 5.41) is 3.38. The van der Waals surface area contributed by atoms with Crippen LogP contribution < -0.4 is 5.32 Å². The highest BCUT2D eigenvalue weighted by molar-refractivity contribution is 5.86. The molecule has 0 saturated carbocycles. The molecule has 0 amide bonds. The number of esters is 2. The lowest BCUT2D eigenvalue weighted by molar-refractivity contribution is -0.170. The maximum absolute atomic E-state index is 13.2. The molecular formula is C28H51NO6. The van der Waals surface area contributed by atoms with Crippen molar-refractivity contribution in [1.29, 1.82) is 0 Å². The molecule has 7 heteroatoms. The van der Waals surface area contributed by atoms with Gasteiger partial charge in [0.2, 0.25) is 0 Å². The fourth-order valence-corrected chi connectivity index (χ4v) is 5.83. The van der Waals surface area contributed by atoms with Crippen LogP contribution in [0.2, 0.25) is 0 Å². The Hall–Kier alpha value is -1.18. The molecule has 35 heavy (non-hydrogen) atoms. The van der Waals surface area contributed by atoms with Gasteiger partial charge in [-0.25, -0.2) is 4.79 Å². The van der Waals surface area contributed by atoms with E-state index in [1.54, 1.807) is 0 Å². The van der Waals surface area contributed by atoms with Gasteiger partial charge >= 0.3 is 11.9 Å². The number of carbonyl (C=O) groups is 2. The highest BCUT2D eigenvalue weighted by atomic mass is 16.7. The normalized spacial score (nSPS) is 28.0. The van der Waals surface area contributed by atoms with Crippen molar-refractivity contribution in [2.75, 3.05) is 20.3 Å². The lowest BCUT2D eigenvalue weighted by Crippen LogP contribution is -2.54. The molecule has 0 spiro atoms. The van der Waals surface area contributed by atoms with Gasteiger partial charge in [0.15, 0.2) is 5.79 Å². The highest BCUT2D eigenvalue weighted by Gasteiger charge is 2.64. The predicted molar refractivity (Wildman–Crippen MR) is 137 cm³/mol. The van der Waals surface area contributed by atoms with E-state index in [1.165, 1.54) is 7.11 Å². The van der Waals surface area contributed by atoms with Crippen LogP contribution in [0.5, 0.6) is 0 Å². The first-order valence-corrected chi connectivity index (χ1v) is 13.3. The summed E-state index contributed by atoms with van der Waals surface area (Å²) in [4.78, 5) is 26.3. The fraction of sp³-hybridized carbons (Fsp3) is 0.929. The Morgan fingerprint density at radius 3 is 2.17 bits per heavy atom. The molecule has 2 fully saturated rings. The Morgan fingerprint density at radius 1 is 1.11 bits per heavy atom. The van der Waals surface area contributed by atoms with Crippen molar-refractivity contribution >= 4 is 11.9 Å². The quantitative estimate of drug-likeness (QED) is 0.211. The summed E-state index contributed by atoms with van der Waals surface area (Å²) in [5.41, 5.74) is -2.20. The van der Waals surface area contributed by atoms with E-state index in [4.69, 9.17) is 18.9 Å². The van der Waals surface area contributed by atoms with Crippen molar-refractivity contribution in [2.45, 2.75) is 125 Å². The SMILES string of the molecule is COC(=O)C(C)(CC(C)C)C(C)(C)C(C)(C)CC1(C(=O)OCCCCC2COC(C)(C)O2)NC1C. The number of hydrogen-bond acceptors (Lipinski definition) is 7. The fourth-order valence-electron chi connectivity index (χ4n) is 5.83. The van der Waals surface area contributed by atoms with Crippen LogP contribution in [0.25, 0.3) is 0 Å². The van der Waals surface area contributed by atoms with E-state index in [0.29, 0.717) is 32.0 Å². The van der Waals surface area contributed by atoms with Crippen LogP contribution in [-0.4, -0.2) is 55.7 Å². The van der Waals surface area contributed by atoms with Crippen LogP contribution in [0.15, 0.2) is 0 Å². The van der Waals surface area contributed by atoms with E-state index in [2.05, 4.69) is 46.9 Å². The van der Waals surface area contributed by atoms with Crippen molar-refractivity contribution < 1.29 is 28.5 Å². The third-order valence-corrected chi connectivity index (χ3v) is 8.96. The summed E-state index contributed by atoms with van der Waals surface area (Å²) in [7, 11) is 1.46. The molecule has 0 radical (unpaired) electrons. The largest absolute Gasteiger partial charge is 0.469 e. The van der Waals surface area contributed by atoms with Gasteiger partial charge in [-0.15, -0.1) is 0 Å². The minimum absolute atomic E-state index is 0.0332. The second-order valence-corrected chi connectivity index (χ2v) is 13.0. The van der Waals surface area contributed by atoms with Crippen LogP contribution in [0.1, 0.15) is 101 Å². The second kappa shape index (κ2) is 10.7. The zero-order chi connectivity index (χ0) is 26.9. The van der Waals surface area contributed by atoms with Gasteiger partial charge in [-0.05, 0) is 76.5 Å². The summed E-state index contributed by atoms with van der Waals surface area (Å²) in [6.07, 6.45) is 4.00. The van der Waals surface area contributed by atoms with Gasteiger partial charge in [-0.1, -0.05) is 41.5 Å². The highest BCUT2D eigenvalue weighted by Crippen LogP contribution is 2.58. The summed E-state index contributed by atoms with van der Waals surface area (Å²) >= 11 is 0. The van der Waals surface area contributed by atoms with Crippen molar-refractivity contribution in [3.8, 4) is 0 Å². The molecule has 204 valence electrons. The molecule has 2 rings (SSSR count). The number of carbonyl (C=O) groups excluding carboxylic acids is 2. The first-order valence-electron chi connectivity index (χ1n) is 13.3. The Morgan fingerprint density at radius 2 is 1.71 bits per heavy atom. The minimum atomic E-state index is -0.720. The van der Waals surface area contributed by atoms with E-state index in [-0.39, 0.29) is 29.5 Å². The summed E-state index contributed by atoms with van der Waals surface area (Å²) in [5.74, 6) is -0.563. The van der Waals surface area contributed by atoms with Gasteiger partial charge in [0.05, 0.1) is 31.8 Å². The molecule has 2 saturated heterocycles. The number of unbranched alkanes of at least 4 members (excludes halogenated alkanes) is 1. The van der Waals surface area contributed by atoms with E-state index in [1.807, 2.05) is 27.7 Å². The van der Waals surface area contributed by atoms with Crippen LogP contribution in [-0.2, 0) is 28.5 Å². The first kappa shape index (κ1) is 30.0. The molecule has 7 nitrogen and oxygen atoms in total. The maximum atomic E-state index is 13.2. The molecular weight excluding hydrogens is 446 g/mol. The third kappa shape index (κ3) is 6.40. The standard InChI is InChI=1S/C28H51NO6/c1-19(2)16-27(10,22(30)32-11)25(6,7)24(4,5)18-28(20(3)29-28)23(31)33-15-13-12-14-21-17-34-26(8,9)35-21/h19-21,29H,12-18H2,1-11H3. The van der Waals surface area contributed by atoms with E-state index in [9.17, 15) is 9.59 Å². The molecule has 2 heterocycles. The Bertz CT molecular complexity index is 761. The molecule has 0 aromatic carbocycles. The minimum Gasteiger partial charge on any atom is -0.469 e. The van der Waals surface area contributed by atoms with Crippen LogP contribution in [0, 0.1) is 22.2 Å². The Balaban J connectivity index is 2.00. The lowest BCUT2D eigenvalue weighted by atomic mass is 9.50. The molecule has 0 aromatic rings. The average molecular weight is 498 g/mol. The van der Waals surface area contributed by atoms with Gasteiger partial charge in [0.25, 0.3) is 0 Å². The van der Waals surface area contributed by atoms with Crippen molar-refractivity contribution in [3.05, 3.63) is 0 Å². The number of nitrogens with one attached hydrogen (secondary N) is 1. The molecule has 0 aromatic heterocycles. The Labute approximate surface area is 213 Å². The number of rotatable bonds is 13. The molecule has 0 aliphatic carbocycles. The van der Waals surface area contributed by atoms with Gasteiger partial charge in [-0.3, -0.25) is 10.1 Å². The van der Waals surface area contributed by atoms with Crippen LogP contribution in [0.4, 0.5) is 0 Å². The molecule has 4 unspecified atom stereocenters. The smallest absolute Gasteiger partial charge is 0.327 e. The summed E-state index contributed by atoms with van der Waals surface area (Å²) in [6, 6.07) is 0.0332. The average Bonchev–Trinajstić information content (AvgIpc) is 3.24. The topological polar surface area (TPSA) is 93.0 Å². The monoisotopic (exact) mass is 497 g/mol. The van der Waals surface area contributed by atoms with Crippen molar-refractivity contribution in [3.63, 3.8) is 0 Å². The number of hydrogen-bond donors (Lipinski definition) is 1. The first-order chi connectivity index (χ1) is 15.9. The predicted octanol–water partition coefficient (Wildman–Crippen LogP) is 5.25. The molecule has 2 aliphatic rings. The van der Waals surface area contributed by atoms with Crippen molar-refractivity contribution in [1.82, 2.24) is 5.32 Å². The van der Waals surface area contributed by atoms with E-state index in [0.717, 1.165) is 19.3 Å². The molecule has 4 atom stereocenters. The lowest BCUT2D eigenvalue weighted by Gasteiger charge is -2.53. The third-order valence-electron chi connectivity index (χ3n) is 8.96. The van der Waals surface area contributed by atoms with Crippen LogP contribution in [0.3, 0.4) is 0 Å².